The summed E-state index contributed by atoms with van der Waals surface area (Å²) in [6.45, 7) is 3.66. The van der Waals surface area contributed by atoms with Crippen LogP contribution in [-0.2, 0) is 19.7 Å². The van der Waals surface area contributed by atoms with Crippen LogP contribution in [0.2, 0.25) is 5.02 Å². The first-order valence-corrected chi connectivity index (χ1v) is 8.36. The molecular weight excluding hydrogens is 330 g/mol. The third kappa shape index (κ3) is 4.16. The Morgan fingerprint density at radius 2 is 1.96 bits per heavy atom. The van der Waals surface area contributed by atoms with Crippen molar-refractivity contribution >= 4 is 23.5 Å². The second-order valence-corrected chi connectivity index (χ2v) is 6.42. The number of ether oxygens (including phenoxy) is 1. The molecule has 1 amide bonds. The summed E-state index contributed by atoms with van der Waals surface area (Å²) in [6.07, 6.45) is 4.79. The lowest BCUT2D eigenvalue weighted by atomic mass is 9.78. The second kappa shape index (κ2) is 8.31. The monoisotopic (exact) mass is 351 g/mol. The first kappa shape index (κ1) is 18.5. The molecule has 24 heavy (non-hydrogen) atoms. The molecule has 1 saturated carbocycles. The number of hydrogen-bond donors (Lipinski definition) is 2. The van der Waals surface area contributed by atoms with Crippen molar-refractivity contribution in [2.45, 2.75) is 37.1 Å². The van der Waals surface area contributed by atoms with Crippen LogP contribution in [0.4, 0.5) is 0 Å². The van der Waals surface area contributed by atoms with E-state index in [1.165, 1.54) is 6.08 Å². The van der Waals surface area contributed by atoms with Crippen LogP contribution in [-0.4, -0.2) is 36.2 Å². The van der Waals surface area contributed by atoms with Gasteiger partial charge >= 0.3 is 5.97 Å². The maximum Gasteiger partial charge on any atom is 0.328 e. The summed E-state index contributed by atoms with van der Waals surface area (Å²) in [4.78, 5) is 24.3. The van der Waals surface area contributed by atoms with Crippen molar-refractivity contribution in [2.75, 3.05) is 13.2 Å². The Hall–Kier alpha value is -1.85. The molecular formula is C18H22ClNO4. The number of carboxylic acid groups (broad SMARTS) is 1. The molecule has 2 N–H and O–H groups in total. The summed E-state index contributed by atoms with van der Waals surface area (Å²) in [6, 6.07) is 6.12. The average Bonchev–Trinajstić information content (AvgIpc) is 3.05. The quantitative estimate of drug-likeness (QED) is 0.557. The van der Waals surface area contributed by atoms with E-state index < -0.39 is 17.4 Å². The molecule has 0 spiro atoms. The third-order valence-corrected chi connectivity index (χ3v) is 4.66. The Morgan fingerprint density at radius 1 is 1.33 bits per heavy atom. The van der Waals surface area contributed by atoms with Gasteiger partial charge in [-0.1, -0.05) is 42.7 Å². The molecule has 1 aromatic carbocycles. The van der Waals surface area contributed by atoms with Crippen LogP contribution >= 0.6 is 11.6 Å². The highest BCUT2D eigenvalue weighted by atomic mass is 35.5. The average molecular weight is 352 g/mol. The molecule has 5 nitrogen and oxygen atoms in total. The normalized spacial score (nSPS) is 17.2. The highest BCUT2D eigenvalue weighted by molar-refractivity contribution is 6.30. The van der Waals surface area contributed by atoms with Crippen molar-refractivity contribution in [3.63, 3.8) is 0 Å². The number of aliphatic carboxylic acids is 1. The lowest BCUT2D eigenvalue weighted by molar-refractivity contribution is -0.144. The van der Waals surface area contributed by atoms with Gasteiger partial charge < -0.3 is 15.2 Å². The van der Waals surface area contributed by atoms with E-state index >= 15 is 0 Å². The molecule has 1 fully saturated rings. The predicted molar refractivity (Wildman–Crippen MR) is 92.2 cm³/mol. The summed E-state index contributed by atoms with van der Waals surface area (Å²) < 4.78 is 5.19. The van der Waals surface area contributed by atoms with Gasteiger partial charge in [0.25, 0.3) is 0 Å². The Labute approximate surface area is 146 Å². The van der Waals surface area contributed by atoms with Crippen LogP contribution in [0.5, 0.6) is 0 Å². The number of carboxylic acids is 1. The van der Waals surface area contributed by atoms with Gasteiger partial charge in [-0.3, -0.25) is 4.79 Å². The number of rotatable bonds is 8. The molecule has 0 aliphatic heterocycles. The van der Waals surface area contributed by atoms with Gasteiger partial charge in [0.2, 0.25) is 5.91 Å². The number of halogens is 1. The van der Waals surface area contributed by atoms with Gasteiger partial charge in [0, 0.05) is 5.02 Å². The molecule has 1 aliphatic carbocycles. The number of nitrogens with one attached hydrogen (secondary N) is 1. The first-order chi connectivity index (χ1) is 11.5. The van der Waals surface area contributed by atoms with E-state index in [-0.39, 0.29) is 19.1 Å². The maximum atomic E-state index is 12.9. The minimum Gasteiger partial charge on any atom is -0.480 e. The van der Waals surface area contributed by atoms with Crippen molar-refractivity contribution in [2.24, 2.45) is 0 Å². The maximum absolute atomic E-state index is 12.9. The van der Waals surface area contributed by atoms with Crippen LogP contribution in [0.3, 0.4) is 0 Å². The zero-order valence-corrected chi connectivity index (χ0v) is 14.2. The molecule has 2 rings (SSSR count). The molecule has 0 heterocycles. The zero-order valence-electron chi connectivity index (χ0n) is 13.5. The minimum absolute atomic E-state index is 0.0935. The molecule has 1 aromatic rings. The van der Waals surface area contributed by atoms with E-state index in [9.17, 15) is 14.7 Å². The van der Waals surface area contributed by atoms with E-state index in [4.69, 9.17) is 16.3 Å². The fourth-order valence-corrected chi connectivity index (χ4v) is 3.26. The van der Waals surface area contributed by atoms with Crippen molar-refractivity contribution < 1.29 is 19.4 Å². The van der Waals surface area contributed by atoms with Crippen LogP contribution in [0.25, 0.3) is 0 Å². The van der Waals surface area contributed by atoms with Crippen molar-refractivity contribution in [1.29, 1.82) is 0 Å². The molecule has 1 aliphatic rings. The Bertz CT molecular complexity index is 594. The zero-order chi connectivity index (χ0) is 17.6. The van der Waals surface area contributed by atoms with E-state index in [0.717, 1.165) is 18.4 Å². The fourth-order valence-electron chi connectivity index (χ4n) is 3.13. The largest absolute Gasteiger partial charge is 0.480 e. The molecule has 1 unspecified atom stereocenters. The Kier molecular flexibility index (Phi) is 6.40. The van der Waals surface area contributed by atoms with Crippen molar-refractivity contribution in [3.05, 3.63) is 47.5 Å². The van der Waals surface area contributed by atoms with Crippen molar-refractivity contribution in [3.8, 4) is 0 Å². The molecule has 0 aromatic heterocycles. The number of carbonyl (C=O) groups is 2. The van der Waals surface area contributed by atoms with E-state index in [0.29, 0.717) is 17.9 Å². The molecule has 0 radical (unpaired) electrons. The van der Waals surface area contributed by atoms with Crippen LogP contribution < -0.4 is 5.32 Å². The van der Waals surface area contributed by atoms with Crippen LogP contribution in [0.15, 0.2) is 36.9 Å². The van der Waals surface area contributed by atoms with Gasteiger partial charge in [-0.2, -0.15) is 0 Å². The molecule has 0 bridgehead atoms. The highest BCUT2D eigenvalue weighted by Crippen LogP contribution is 2.41. The molecule has 130 valence electrons. The van der Waals surface area contributed by atoms with Crippen molar-refractivity contribution in [1.82, 2.24) is 5.32 Å². The minimum atomic E-state index is -1.11. The summed E-state index contributed by atoms with van der Waals surface area (Å²) in [5, 5.41) is 12.6. The Balaban J connectivity index is 2.17. The van der Waals surface area contributed by atoms with Crippen LogP contribution in [0.1, 0.15) is 31.2 Å². The predicted octanol–water partition coefficient (Wildman–Crippen LogP) is 2.92. The van der Waals surface area contributed by atoms with Gasteiger partial charge in [-0.15, -0.1) is 6.58 Å². The summed E-state index contributed by atoms with van der Waals surface area (Å²) in [7, 11) is 0. The first-order valence-electron chi connectivity index (χ1n) is 7.98. The third-order valence-electron chi connectivity index (χ3n) is 4.41. The molecule has 6 heteroatoms. The molecule has 0 saturated heterocycles. The standard InChI is InChI=1S/C18H22ClNO4/c1-2-11-24-12-15(16(21)22)20-17(23)18(9-3-4-10-18)13-5-7-14(19)8-6-13/h2,5-8,15H,1,3-4,9-12H2,(H,20,23)(H,21,22). The number of carbonyl (C=O) groups excluding carboxylic acids is 1. The summed E-state index contributed by atoms with van der Waals surface area (Å²) in [5.41, 5.74) is 0.176. The van der Waals surface area contributed by atoms with Crippen LogP contribution in [0, 0.1) is 0 Å². The van der Waals surface area contributed by atoms with E-state index in [2.05, 4.69) is 11.9 Å². The lowest BCUT2D eigenvalue weighted by Crippen LogP contribution is -2.51. The van der Waals surface area contributed by atoms with Gasteiger partial charge in [0.1, 0.15) is 0 Å². The van der Waals surface area contributed by atoms with E-state index in [1.54, 1.807) is 12.1 Å². The Morgan fingerprint density at radius 3 is 2.50 bits per heavy atom. The van der Waals surface area contributed by atoms with E-state index in [1.807, 2.05) is 12.1 Å². The summed E-state index contributed by atoms with van der Waals surface area (Å²) >= 11 is 5.94. The summed E-state index contributed by atoms with van der Waals surface area (Å²) in [5.74, 6) is -1.38. The number of amides is 1. The number of benzene rings is 1. The van der Waals surface area contributed by atoms with Gasteiger partial charge in [0.05, 0.1) is 18.6 Å². The topological polar surface area (TPSA) is 75.6 Å². The highest BCUT2D eigenvalue weighted by Gasteiger charge is 2.43. The van der Waals surface area contributed by atoms with Gasteiger partial charge in [-0.05, 0) is 30.5 Å². The SMILES string of the molecule is C=CCOCC(NC(=O)C1(c2ccc(Cl)cc2)CCCC1)C(=O)O. The smallest absolute Gasteiger partial charge is 0.328 e. The second-order valence-electron chi connectivity index (χ2n) is 5.99. The number of hydrogen-bond acceptors (Lipinski definition) is 3. The lowest BCUT2D eigenvalue weighted by Gasteiger charge is -2.30. The fraction of sp³-hybridized carbons (Fsp3) is 0.444. The van der Waals surface area contributed by atoms with Gasteiger partial charge in [0.15, 0.2) is 6.04 Å². The van der Waals surface area contributed by atoms with Gasteiger partial charge in [-0.25, -0.2) is 4.79 Å². The molecule has 1 atom stereocenters.